The van der Waals surface area contributed by atoms with E-state index in [0.717, 1.165) is 24.3 Å². The zero-order valence-corrected chi connectivity index (χ0v) is 9.54. The third kappa shape index (κ3) is 2.63. The normalized spacial score (nSPS) is 17.5. The third-order valence-electron chi connectivity index (χ3n) is 2.61. The van der Waals surface area contributed by atoms with E-state index < -0.39 is 0 Å². The van der Waals surface area contributed by atoms with E-state index in [9.17, 15) is 5.11 Å². The van der Waals surface area contributed by atoms with Crippen LogP contribution < -0.4 is 4.90 Å². The van der Waals surface area contributed by atoms with Crippen molar-refractivity contribution in [2.24, 2.45) is 0 Å². The van der Waals surface area contributed by atoms with Crippen molar-refractivity contribution in [2.75, 3.05) is 29.5 Å². The van der Waals surface area contributed by atoms with Gasteiger partial charge in [-0.3, -0.25) is 4.98 Å². The molecule has 1 aliphatic heterocycles. The van der Waals surface area contributed by atoms with Crippen molar-refractivity contribution in [3.63, 3.8) is 0 Å². The van der Waals surface area contributed by atoms with Crippen molar-refractivity contribution >= 4 is 17.4 Å². The van der Waals surface area contributed by atoms with Crippen LogP contribution in [0.1, 0.15) is 12.0 Å². The molecule has 0 amide bonds. The maximum atomic E-state index is 9.25. The lowest BCUT2D eigenvalue weighted by molar-refractivity contribution is 0.281. The smallest absolute Gasteiger partial charge is 0.0717 e. The van der Waals surface area contributed by atoms with Crippen LogP contribution >= 0.6 is 11.8 Å². The number of aromatic nitrogens is 1. The van der Waals surface area contributed by atoms with E-state index in [2.05, 4.69) is 9.88 Å². The van der Waals surface area contributed by atoms with Gasteiger partial charge in [-0.25, -0.2) is 0 Å². The number of nitrogens with zero attached hydrogens (tertiary/aromatic N) is 2. The van der Waals surface area contributed by atoms with Gasteiger partial charge in [0.1, 0.15) is 0 Å². The minimum absolute atomic E-state index is 0.0762. The molecule has 0 aliphatic carbocycles. The molecule has 1 fully saturated rings. The summed E-state index contributed by atoms with van der Waals surface area (Å²) < 4.78 is 0. The average molecular weight is 224 g/mol. The maximum absolute atomic E-state index is 9.25. The van der Waals surface area contributed by atoms with E-state index in [-0.39, 0.29) is 6.61 Å². The second-order valence-electron chi connectivity index (χ2n) is 3.62. The average Bonchev–Trinajstić information content (AvgIpc) is 2.57. The van der Waals surface area contributed by atoms with E-state index in [1.165, 1.54) is 17.9 Å². The molecule has 0 radical (unpaired) electrons. The van der Waals surface area contributed by atoms with Crippen molar-refractivity contribution in [3.8, 4) is 0 Å². The number of rotatable bonds is 2. The summed E-state index contributed by atoms with van der Waals surface area (Å²) >= 11 is 2.01. The molecule has 0 unspecified atom stereocenters. The van der Waals surface area contributed by atoms with Crippen molar-refractivity contribution in [1.29, 1.82) is 0 Å². The van der Waals surface area contributed by atoms with Crippen LogP contribution in [0.3, 0.4) is 0 Å². The molecule has 0 spiro atoms. The molecule has 1 aromatic rings. The summed E-state index contributed by atoms with van der Waals surface area (Å²) in [4.78, 5) is 6.40. The first-order valence-electron chi connectivity index (χ1n) is 5.28. The van der Waals surface area contributed by atoms with Crippen LogP contribution in [0.25, 0.3) is 0 Å². The monoisotopic (exact) mass is 224 g/mol. The predicted octanol–water partition coefficient (Wildman–Crippen LogP) is 1.52. The van der Waals surface area contributed by atoms with Gasteiger partial charge in [0.15, 0.2) is 0 Å². The van der Waals surface area contributed by atoms with Crippen molar-refractivity contribution in [3.05, 3.63) is 24.0 Å². The fraction of sp³-hybridized carbons (Fsp3) is 0.545. The topological polar surface area (TPSA) is 36.4 Å². The van der Waals surface area contributed by atoms with Gasteiger partial charge in [-0.2, -0.15) is 11.8 Å². The molecule has 0 bridgehead atoms. The Morgan fingerprint density at radius 2 is 2.33 bits per heavy atom. The van der Waals surface area contributed by atoms with Gasteiger partial charge in [-0.15, -0.1) is 0 Å². The van der Waals surface area contributed by atoms with Gasteiger partial charge in [-0.05, 0) is 18.2 Å². The van der Waals surface area contributed by atoms with Crippen LogP contribution in [0.15, 0.2) is 18.5 Å². The van der Waals surface area contributed by atoms with Gasteiger partial charge >= 0.3 is 0 Å². The molecule has 0 saturated carbocycles. The van der Waals surface area contributed by atoms with Gasteiger partial charge in [0, 0.05) is 42.5 Å². The van der Waals surface area contributed by atoms with Gasteiger partial charge < -0.3 is 10.0 Å². The van der Waals surface area contributed by atoms with Crippen LogP contribution in [0, 0.1) is 0 Å². The van der Waals surface area contributed by atoms with Crippen LogP contribution in [0.4, 0.5) is 5.69 Å². The molecule has 1 N–H and O–H groups in total. The Labute approximate surface area is 94.5 Å². The molecule has 1 aromatic heterocycles. The Morgan fingerprint density at radius 3 is 3.20 bits per heavy atom. The molecule has 2 heterocycles. The predicted molar refractivity (Wildman–Crippen MR) is 64.3 cm³/mol. The molecular formula is C11H16N2OS. The van der Waals surface area contributed by atoms with E-state index in [0.29, 0.717) is 0 Å². The summed E-state index contributed by atoms with van der Waals surface area (Å²) in [6, 6.07) is 2.00. The van der Waals surface area contributed by atoms with E-state index in [1.807, 2.05) is 17.8 Å². The molecule has 1 aliphatic rings. The van der Waals surface area contributed by atoms with E-state index >= 15 is 0 Å². The summed E-state index contributed by atoms with van der Waals surface area (Å²) in [7, 11) is 0. The number of aliphatic hydroxyl groups excluding tert-OH is 1. The molecule has 0 atom stereocenters. The highest BCUT2D eigenvalue weighted by Gasteiger charge is 2.12. The fourth-order valence-corrected chi connectivity index (χ4v) is 2.72. The number of anilines is 1. The molecule has 82 valence electrons. The highest BCUT2D eigenvalue weighted by molar-refractivity contribution is 7.99. The third-order valence-corrected chi connectivity index (χ3v) is 3.66. The first-order valence-corrected chi connectivity index (χ1v) is 6.43. The molecule has 0 aromatic carbocycles. The molecule has 3 nitrogen and oxygen atoms in total. The number of thioether (sulfide) groups is 1. The summed E-state index contributed by atoms with van der Waals surface area (Å²) in [6.07, 6.45) is 4.78. The van der Waals surface area contributed by atoms with Gasteiger partial charge in [0.05, 0.1) is 6.61 Å². The van der Waals surface area contributed by atoms with Gasteiger partial charge in [0.2, 0.25) is 0 Å². The largest absolute Gasteiger partial charge is 0.392 e. The summed E-state index contributed by atoms with van der Waals surface area (Å²) in [5.41, 5.74) is 2.08. The fourth-order valence-electron chi connectivity index (χ4n) is 1.84. The van der Waals surface area contributed by atoms with Crippen LogP contribution in [0.2, 0.25) is 0 Å². The summed E-state index contributed by atoms with van der Waals surface area (Å²) in [5, 5.41) is 9.25. The van der Waals surface area contributed by atoms with E-state index in [4.69, 9.17) is 0 Å². The molecule has 15 heavy (non-hydrogen) atoms. The Hall–Kier alpha value is -0.740. The Bertz CT molecular complexity index is 311. The quantitative estimate of drug-likeness (QED) is 0.826. The lowest BCUT2D eigenvalue weighted by Crippen LogP contribution is -2.26. The number of pyridine rings is 1. The molecule has 1 saturated heterocycles. The highest BCUT2D eigenvalue weighted by Crippen LogP contribution is 2.22. The standard InChI is InChI=1S/C11H16N2OS/c14-9-10-8-12-3-2-11(10)13-4-1-6-15-7-5-13/h2-3,8,14H,1,4-7,9H2. The van der Waals surface area contributed by atoms with Crippen molar-refractivity contribution in [1.82, 2.24) is 4.98 Å². The lowest BCUT2D eigenvalue weighted by atomic mass is 10.2. The Kier molecular flexibility index (Phi) is 3.86. The van der Waals surface area contributed by atoms with Crippen LogP contribution in [0.5, 0.6) is 0 Å². The SMILES string of the molecule is OCc1cnccc1N1CCCSCC1. The van der Waals surface area contributed by atoms with Crippen molar-refractivity contribution in [2.45, 2.75) is 13.0 Å². The van der Waals surface area contributed by atoms with Gasteiger partial charge in [-0.1, -0.05) is 0 Å². The minimum Gasteiger partial charge on any atom is -0.392 e. The summed E-state index contributed by atoms with van der Waals surface area (Å²) in [6.45, 7) is 2.23. The second-order valence-corrected chi connectivity index (χ2v) is 4.84. The highest BCUT2D eigenvalue weighted by atomic mass is 32.2. The minimum atomic E-state index is 0.0762. The zero-order chi connectivity index (χ0) is 10.5. The van der Waals surface area contributed by atoms with Crippen LogP contribution in [-0.4, -0.2) is 34.7 Å². The molecule has 2 rings (SSSR count). The molecular weight excluding hydrogens is 208 g/mol. The van der Waals surface area contributed by atoms with Gasteiger partial charge in [0.25, 0.3) is 0 Å². The van der Waals surface area contributed by atoms with E-state index in [1.54, 1.807) is 12.4 Å². The maximum Gasteiger partial charge on any atom is 0.0717 e. The number of aliphatic hydroxyl groups is 1. The first kappa shape index (κ1) is 10.8. The van der Waals surface area contributed by atoms with Crippen LogP contribution in [-0.2, 0) is 6.61 Å². The number of hydrogen-bond acceptors (Lipinski definition) is 4. The summed E-state index contributed by atoms with van der Waals surface area (Å²) in [5.74, 6) is 2.42. The van der Waals surface area contributed by atoms with Crippen molar-refractivity contribution < 1.29 is 5.11 Å². The second kappa shape index (κ2) is 5.37. The number of hydrogen-bond donors (Lipinski definition) is 1. The Morgan fingerprint density at radius 1 is 1.40 bits per heavy atom. The first-order chi connectivity index (χ1) is 7.42. The zero-order valence-electron chi connectivity index (χ0n) is 8.72. The Balaban J connectivity index is 2.18. The molecule has 4 heteroatoms. The lowest BCUT2D eigenvalue weighted by Gasteiger charge is -2.24.